The van der Waals surface area contributed by atoms with Crippen molar-refractivity contribution in [1.29, 1.82) is 0 Å². The molecule has 0 bridgehead atoms. The van der Waals surface area contributed by atoms with Crippen LogP contribution in [0.15, 0.2) is 41.5 Å². The summed E-state index contributed by atoms with van der Waals surface area (Å²) in [5.74, 6) is 3.37. The quantitative estimate of drug-likeness (QED) is 0.295. The number of rotatable bonds is 8. The highest BCUT2D eigenvalue weighted by atomic mass is 127. The molecular weight excluding hydrogens is 515 g/mol. The second-order valence-electron chi connectivity index (χ2n) is 8.49. The van der Waals surface area contributed by atoms with Gasteiger partial charge in [-0.25, -0.2) is 15.0 Å². The molecule has 0 unspecified atom stereocenters. The molecule has 2 fully saturated rings. The number of nitrogens with zero attached hydrogens (tertiary/aromatic N) is 4. The van der Waals surface area contributed by atoms with Gasteiger partial charge in [-0.2, -0.15) is 0 Å². The first kappa shape index (κ1) is 24.5. The van der Waals surface area contributed by atoms with Gasteiger partial charge in [-0.15, -0.1) is 24.0 Å². The van der Waals surface area contributed by atoms with Crippen LogP contribution in [0, 0.1) is 12.8 Å². The number of hydrogen-bond donors (Lipinski definition) is 2. The fourth-order valence-electron chi connectivity index (χ4n) is 3.76. The highest BCUT2D eigenvalue weighted by Crippen LogP contribution is 2.29. The van der Waals surface area contributed by atoms with E-state index in [-0.39, 0.29) is 24.0 Å². The number of aromatic nitrogens is 2. The molecule has 0 radical (unpaired) electrons. The van der Waals surface area contributed by atoms with Crippen LogP contribution in [0.2, 0.25) is 0 Å². The topological polar surface area (TPSA) is 74.7 Å². The van der Waals surface area contributed by atoms with Gasteiger partial charge in [-0.1, -0.05) is 6.07 Å². The Morgan fingerprint density at radius 1 is 1.19 bits per heavy atom. The molecule has 2 N–H and O–H groups in total. The smallest absolute Gasteiger partial charge is 0.213 e. The first-order chi connectivity index (χ1) is 15.2. The van der Waals surface area contributed by atoms with E-state index in [4.69, 9.17) is 9.73 Å². The molecule has 3 heterocycles. The van der Waals surface area contributed by atoms with Crippen molar-refractivity contribution in [3.63, 3.8) is 0 Å². The van der Waals surface area contributed by atoms with Crippen LogP contribution < -0.4 is 20.3 Å². The van der Waals surface area contributed by atoms with Gasteiger partial charge in [-0.3, -0.25) is 0 Å². The molecule has 0 atom stereocenters. The van der Waals surface area contributed by atoms with E-state index in [1.54, 1.807) is 0 Å². The Morgan fingerprint density at radius 3 is 2.72 bits per heavy atom. The average Bonchev–Trinajstić information content (AvgIpc) is 3.62. The Morgan fingerprint density at radius 2 is 2.00 bits per heavy atom. The number of aryl methyl sites for hydroxylation is 1. The van der Waals surface area contributed by atoms with Crippen molar-refractivity contribution in [3.05, 3.63) is 47.8 Å². The van der Waals surface area contributed by atoms with Gasteiger partial charge in [0.05, 0.1) is 13.2 Å². The number of halogens is 1. The van der Waals surface area contributed by atoms with E-state index in [0.717, 1.165) is 68.0 Å². The average molecular weight is 550 g/mol. The Kier molecular flexibility index (Phi) is 9.37. The predicted molar refractivity (Wildman–Crippen MR) is 140 cm³/mol. The normalized spacial score (nSPS) is 16.9. The molecule has 1 aliphatic heterocycles. The number of pyridine rings is 2. The van der Waals surface area contributed by atoms with Crippen LogP contribution in [0.5, 0.6) is 5.88 Å². The maximum absolute atomic E-state index is 5.80. The number of nitrogens with one attached hydrogen (secondary N) is 2. The third-order valence-electron chi connectivity index (χ3n) is 5.76. The number of guanidine groups is 1. The van der Waals surface area contributed by atoms with Gasteiger partial charge in [-0.05, 0) is 69.2 Å². The van der Waals surface area contributed by atoms with Crippen molar-refractivity contribution in [3.8, 4) is 5.88 Å². The largest absolute Gasteiger partial charge is 0.477 e. The summed E-state index contributed by atoms with van der Waals surface area (Å²) in [6.45, 7) is 8.36. The van der Waals surface area contributed by atoms with E-state index in [0.29, 0.717) is 18.5 Å². The number of anilines is 1. The summed E-state index contributed by atoms with van der Waals surface area (Å²) < 4.78 is 5.80. The first-order valence-electron chi connectivity index (χ1n) is 11.5. The summed E-state index contributed by atoms with van der Waals surface area (Å²) in [6.07, 6.45) is 6.50. The Hall–Kier alpha value is -2.10. The monoisotopic (exact) mass is 550 g/mol. The maximum Gasteiger partial charge on any atom is 0.213 e. The Bertz CT molecular complexity index is 880. The Labute approximate surface area is 208 Å². The third-order valence-corrected chi connectivity index (χ3v) is 5.76. The zero-order chi connectivity index (χ0) is 21.5. The van der Waals surface area contributed by atoms with Crippen molar-refractivity contribution < 1.29 is 4.74 Å². The van der Waals surface area contributed by atoms with Crippen molar-refractivity contribution in [2.75, 3.05) is 31.1 Å². The van der Waals surface area contributed by atoms with Gasteiger partial charge < -0.3 is 20.3 Å². The predicted octanol–water partition coefficient (Wildman–Crippen LogP) is 3.92. The zero-order valence-corrected chi connectivity index (χ0v) is 21.4. The molecule has 0 spiro atoms. The van der Waals surface area contributed by atoms with Gasteiger partial charge in [0, 0.05) is 43.6 Å². The molecule has 4 rings (SSSR count). The SMILES string of the molecule is CCNC(=NCc1ccnc(OCC2CC2)c1)NC1CCN(c2cccc(C)n2)CC1.I. The highest BCUT2D eigenvalue weighted by Gasteiger charge is 2.22. The van der Waals surface area contributed by atoms with Crippen molar-refractivity contribution >= 4 is 35.8 Å². The molecule has 0 amide bonds. The van der Waals surface area contributed by atoms with Crippen molar-refractivity contribution in [1.82, 2.24) is 20.6 Å². The molecule has 7 nitrogen and oxygen atoms in total. The highest BCUT2D eigenvalue weighted by molar-refractivity contribution is 14.0. The van der Waals surface area contributed by atoms with Crippen LogP contribution in [0.25, 0.3) is 0 Å². The number of ether oxygens (including phenoxy) is 1. The molecule has 1 saturated carbocycles. The molecule has 1 saturated heterocycles. The van der Waals surface area contributed by atoms with Gasteiger partial charge in [0.1, 0.15) is 5.82 Å². The molecule has 2 aromatic rings. The number of piperidine rings is 1. The minimum atomic E-state index is 0. The van der Waals surface area contributed by atoms with Crippen LogP contribution in [-0.2, 0) is 6.54 Å². The summed E-state index contributed by atoms with van der Waals surface area (Å²) in [5, 5.41) is 7.00. The lowest BCUT2D eigenvalue weighted by Gasteiger charge is -2.34. The summed E-state index contributed by atoms with van der Waals surface area (Å²) in [5.41, 5.74) is 2.18. The summed E-state index contributed by atoms with van der Waals surface area (Å²) >= 11 is 0. The van der Waals surface area contributed by atoms with Gasteiger partial charge in [0.15, 0.2) is 5.96 Å². The molecule has 1 aliphatic carbocycles. The second kappa shape index (κ2) is 12.2. The molecule has 32 heavy (non-hydrogen) atoms. The summed E-state index contributed by atoms with van der Waals surface area (Å²) in [4.78, 5) is 16.2. The minimum Gasteiger partial charge on any atom is -0.477 e. The first-order valence-corrected chi connectivity index (χ1v) is 11.5. The standard InChI is InChI=1S/C24H34N6O.HI/c1-3-25-24(27-16-20-9-12-26-23(15-20)31-17-19-7-8-19)29-21-10-13-30(14-11-21)22-6-4-5-18(2)28-22;/h4-6,9,12,15,19,21H,3,7-8,10-11,13-14,16-17H2,1-2H3,(H2,25,27,29);1H. The summed E-state index contributed by atoms with van der Waals surface area (Å²) in [7, 11) is 0. The lowest BCUT2D eigenvalue weighted by Crippen LogP contribution is -2.48. The third kappa shape index (κ3) is 7.50. The van der Waals surface area contributed by atoms with Crippen LogP contribution in [-0.4, -0.2) is 48.2 Å². The van der Waals surface area contributed by atoms with Crippen LogP contribution in [0.4, 0.5) is 5.82 Å². The lowest BCUT2D eigenvalue weighted by atomic mass is 10.1. The molecule has 2 aliphatic rings. The van der Waals surface area contributed by atoms with Gasteiger partial charge in [0.25, 0.3) is 0 Å². The van der Waals surface area contributed by atoms with E-state index >= 15 is 0 Å². The van der Waals surface area contributed by atoms with Crippen molar-refractivity contribution in [2.45, 2.75) is 52.1 Å². The van der Waals surface area contributed by atoms with E-state index < -0.39 is 0 Å². The molecular formula is C24H35IN6O. The molecule has 2 aromatic heterocycles. The Balaban J connectivity index is 0.00000289. The van der Waals surface area contributed by atoms with Gasteiger partial charge >= 0.3 is 0 Å². The van der Waals surface area contributed by atoms with E-state index in [1.165, 1.54) is 12.8 Å². The second-order valence-corrected chi connectivity index (χ2v) is 8.49. The van der Waals surface area contributed by atoms with E-state index in [2.05, 4.69) is 44.6 Å². The fraction of sp³-hybridized carbons (Fsp3) is 0.542. The van der Waals surface area contributed by atoms with E-state index in [9.17, 15) is 0 Å². The zero-order valence-electron chi connectivity index (χ0n) is 19.1. The minimum absolute atomic E-state index is 0. The van der Waals surface area contributed by atoms with E-state index in [1.807, 2.05) is 31.3 Å². The number of hydrogen-bond acceptors (Lipinski definition) is 5. The molecule has 8 heteroatoms. The maximum atomic E-state index is 5.80. The van der Waals surface area contributed by atoms with Crippen LogP contribution in [0.3, 0.4) is 0 Å². The van der Waals surface area contributed by atoms with Crippen LogP contribution in [0.1, 0.15) is 43.9 Å². The van der Waals surface area contributed by atoms with Gasteiger partial charge in [0.2, 0.25) is 5.88 Å². The lowest BCUT2D eigenvalue weighted by molar-refractivity contribution is 0.288. The fourth-order valence-corrected chi connectivity index (χ4v) is 3.76. The van der Waals surface area contributed by atoms with Crippen molar-refractivity contribution in [2.24, 2.45) is 10.9 Å². The molecule has 0 aromatic carbocycles. The number of aliphatic imine (C=N–C) groups is 1. The van der Waals surface area contributed by atoms with Crippen LogP contribution >= 0.6 is 24.0 Å². The molecule has 174 valence electrons. The summed E-state index contributed by atoms with van der Waals surface area (Å²) in [6, 6.07) is 10.6.